The van der Waals surface area contributed by atoms with E-state index in [4.69, 9.17) is 4.74 Å². The Hall–Kier alpha value is -1.34. The summed E-state index contributed by atoms with van der Waals surface area (Å²) < 4.78 is 5.62. The van der Waals surface area contributed by atoms with Crippen molar-refractivity contribution in [1.82, 2.24) is 0 Å². The summed E-state index contributed by atoms with van der Waals surface area (Å²) in [7, 11) is 1.77. The molecular formula is C19H26O. The Bertz CT molecular complexity index is 552. The topological polar surface area (TPSA) is 9.23 Å². The van der Waals surface area contributed by atoms with Gasteiger partial charge in [0, 0.05) is 12.5 Å². The van der Waals surface area contributed by atoms with Gasteiger partial charge in [-0.15, -0.1) is 0 Å². The van der Waals surface area contributed by atoms with Crippen molar-refractivity contribution < 1.29 is 4.74 Å². The lowest BCUT2D eigenvalue weighted by molar-refractivity contribution is 0.0825. The van der Waals surface area contributed by atoms with Gasteiger partial charge in [0.1, 0.15) is 5.60 Å². The zero-order valence-corrected chi connectivity index (χ0v) is 13.6. The molecule has 1 unspecified atom stereocenters. The number of rotatable bonds is 3. The molecule has 0 aromatic carbocycles. The molecule has 0 radical (unpaired) electrons. The van der Waals surface area contributed by atoms with E-state index in [-0.39, 0.29) is 11.0 Å². The van der Waals surface area contributed by atoms with E-state index in [9.17, 15) is 0 Å². The molecule has 0 fully saturated rings. The molecular weight excluding hydrogens is 244 g/mol. The highest BCUT2D eigenvalue weighted by Crippen LogP contribution is 2.35. The molecule has 2 aliphatic carbocycles. The van der Waals surface area contributed by atoms with Crippen molar-refractivity contribution in [2.45, 2.75) is 46.6 Å². The van der Waals surface area contributed by atoms with Crippen molar-refractivity contribution >= 4 is 0 Å². The first-order chi connectivity index (χ1) is 9.24. The van der Waals surface area contributed by atoms with Crippen molar-refractivity contribution in [3.63, 3.8) is 0 Å². The summed E-state index contributed by atoms with van der Waals surface area (Å²) in [6.07, 6.45) is 14.6. The third kappa shape index (κ3) is 3.21. The predicted molar refractivity (Wildman–Crippen MR) is 86.6 cm³/mol. The molecule has 1 atom stereocenters. The van der Waals surface area contributed by atoms with Crippen LogP contribution in [0, 0.1) is 5.41 Å². The fourth-order valence-corrected chi connectivity index (χ4v) is 2.94. The van der Waals surface area contributed by atoms with Crippen LogP contribution in [0.4, 0.5) is 0 Å². The van der Waals surface area contributed by atoms with E-state index in [1.165, 1.54) is 22.3 Å². The molecule has 1 nitrogen and oxygen atoms in total. The molecule has 0 heterocycles. The van der Waals surface area contributed by atoms with Crippen LogP contribution < -0.4 is 0 Å². The highest BCUT2D eigenvalue weighted by molar-refractivity contribution is 5.46. The molecule has 2 aliphatic rings. The summed E-state index contributed by atoms with van der Waals surface area (Å²) in [5.41, 5.74) is 5.23. The zero-order valence-electron chi connectivity index (χ0n) is 13.6. The Labute approximate surface area is 123 Å². The lowest BCUT2D eigenvalue weighted by Crippen LogP contribution is -2.23. The molecule has 1 heteroatoms. The Morgan fingerprint density at radius 1 is 1.00 bits per heavy atom. The summed E-state index contributed by atoms with van der Waals surface area (Å²) in [6, 6.07) is 0. The first-order valence-corrected chi connectivity index (χ1v) is 7.29. The summed E-state index contributed by atoms with van der Waals surface area (Å²) in [6.45, 7) is 10.9. The second kappa shape index (κ2) is 5.21. The number of hydrogen-bond acceptors (Lipinski definition) is 1. The van der Waals surface area contributed by atoms with E-state index in [0.29, 0.717) is 0 Å². The van der Waals surface area contributed by atoms with Gasteiger partial charge in [-0.3, -0.25) is 0 Å². The fourth-order valence-electron chi connectivity index (χ4n) is 2.94. The van der Waals surface area contributed by atoms with Gasteiger partial charge in [-0.1, -0.05) is 49.8 Å². The molecule has 108 valence electrons. The van der Waals surface area contributed by atoms with Crippen LogP contribution >= 0.6 is 0 Å². The third-order valence-corrected chi connectivity index (χ3v) is 4.22. The smallest absolute Gasteiger partial charge is 0.105 e. The standard InChI is InChI=1S/C19H26O/c1-14-9-16(7-8-18(3,4)12-14)11-17-10-15(2)19(5,13-17)20-6/h7-10,12-13H,11H2,1-6H3. The molecule has 0 saturated carbocycles. The van der Waals surface area contributed by atoms with Gasteiger partial charge in [0.15, 0.2) is 0 Å². The van der Waals surface area contributed by atoms with Crippen LogP contribution in [0.2, 0.25) is 0 Å². The molecule has 0 spiro atoms. The van der Waals surface area contributed by atoms with Gasteiger partial charge in [0.25, 0.3) is 0 Å². The molecule has 20 heavy (non-hydrogen) atoms. The normalized spacial score (nSPS) is 28.5. The largest absolute Gasteiger partial charge is 0.370 e. The first-order valence-electron chi connectivity index (χ1n) is 7.29. The maximum atomic E-state index is 5.62. The number of allylic oxidation sites excluding steroid dienone is 8. The van der Waals surface area contributed by atoms with Crippen LogP contribution in [0.25, 0.3) is 0 Å². The number of methoxy groups -OCH3 is 1. The highest BCUT2D eigenvalue weighted by Gasteiger charge is 2.28. The molecule has 0 saturated heterocycles. The summed E-state index contributed by atoms with van der Waals surface area (Å²) in [4.78, 5) is 0. The van der Waals surface area contributed by atoms with Crippen LogP contribution in [0.1, 0.15) is 41.0 Å². The van der Waals surface area contributed by atoms with Crippen LogP contribution in [-0.4, -0.2) is 12.7 Å². The monoisotopic (exact) mass is 270 g/mol. The molecule has 0 bridgehead atoms. The number of hydrogen-bond donors (Lipinski definition) is 0. The van der Waals surface area contributed by atoms with Crippen LogP contribution in [-0.2, 0) is 4.74 Å². The number of ether oxygens (including phenoxy) is 1. The van der Waals surface area contributed by atoms with Crippen molar-refractivity contribution in [3.8, 4) is 0 Å². The minimum Gasteiger partial charge on any atom is -0.370 e. The second-order valence-corrected chi connectivity index (χ2v) is 6.80. The SMILES string of the molecule is COC1(C)C=C(CC2=CC(C)=CC(C)(C)C=C2)C=C1C. The minimum absolute atomic E-state index is 0.138. The van der Waals surface area contributed by atoms with E-state index in [0.717, 1.165) is 6.42 Å². The van der Waals surface area contributed by atoms with Gasteiger partial charge in [-0.2, -0.15) is 0 Å². The average Bonchev–Trinajstić information content (AvgIpc) is 2.53. The Morgan fingerprint density at radius 2 is 1.70 bits per heavy atom. The van der Waals surface area contributed by atoms with E-state index < -0.39 is 0 Å². The van der Waals surface area contributed by atoms with Crippen molar-refractivity contribution in [3.05, 3.63) is 58.7 Å². The maximum Gasteiger partial charge on any atom is 0.105 e. The van der Waals surface area contributed by atoms with Gasteiger partial charge in [0.2, 0.25) is 0 Å². The van der Waals surface area contributed by atoms with Crippen LogP contribution in [0.15, 0.2) is 58.7 Å². The van der Waals surface area contributed by atoms with Crippen molar-refractivity contribution in [2.24, 2.45) is 5.41 Å². The quantitative estimate of drug-likeness (QED) is 0.690. The molecule has 2 rings (SSSR count). The highest BCUT2D eigenvalue weighted by atomic mass is 16.5. The van der Waals surface area contributed by atoms with Gasteiger partial charge in [-0.05, 0) is 50.0 Å². The van der Waals surface area contributed by atoms with Crippen molar-refractivity contribution in [2.75, 3.05) is 7.11 Å². The van der Waals surface area contributed by atoms with Crippen LogP contribution in [0.5, 0.6) is 0 Å². The predicted octanol–water partition coefficient (Wildman–Crippen LogP) is 5.14. The van der Waals surface area contributed by atoms with Crippen LogP contribution in [0.3, 0.4) is 0 Å². The molecule has 0 aliphatic heterocycles. The summed E-state index contributed by atoms with van der Waals surface area (Å²) in [5, 5.41) is 0. The van der Waals surface area contributed by atoms with Crippen molar-refractivity contribution in [1.29, 1.82) is 0 Å². The molecule has 0 N–H and O–H groups in total. The minimum atomic E-state index is -0.228. The molecule has 0 aromatic heterocycles. The Balaban J connectivity index is 2.21. The van der Waals surface area contributed by atoms with E-state index in [1.807, 2.05) is 0 Å². The summed E-state index contributed by atoms with van der Waals surface area (Å²) in [5.74, 6) is 0. The average molecular weight is 270 g/mol. The van der Waals surface area contributed by atoms with Gasteiger partial charge < -0.3 is 4.74 Å². The Kier molecular flexibility index (Phi) is 3.93. The van der Waals surface area contributed by atoms with Gasteiger partial charge >= 0.3 is 0 Å². The van der Waals surface area contributed by atoms with E-state index in [1.54, 1.807) is 7.11 Å². The lowest BCUT2D eigenvalue weighted by atomic mass is 9.91. The Morgan fingerprint density at radius 3 is 2.30 bits per heavy atom. The summed E-state index contributed by atoms with van der Waals surface area (Å²) >= 11 is 0. The maximum absolute atomic E-state index is 5.62. The lowest BCUT2D eigenvalue weighted by Gasteiger charge is -2.21. The second-order valence-electron chi connectivity index (χ2n) is 6.80. The first kappa shape index (κ1) is 15.1. The van der Waals surface area contributed by atoms with E-state index in [2.05, 4.69) is 71.1 Å². The third-order valence-electron chi connectivity index (χ3n) is 4.22. The zero-order chi connectivity index (χ0) is 15.0. The van der Waals surface area contributed by atoms with Gasteiger partial charge in [0.05, 0.1) is 0 Å². The van der Waals surface area contributed by atoms with E-state index >= 15 is 0 Å². The molecule has 0 aromatic rings. The van der Waals surface area contributed by atoms with Gasteiger partial charge in [-0.25, -0.2) is 0 Å². The fraction of sp³-hybridized carbons (Fsp3) is 0.474. The molecule has 0 amide bonds.